The van der Waals surface area contributed by atoms with Gasteiger partial charge in [0.25, 0.3) is 0 Å². The predicted octanol–water partition coefficient (Wildman–Crippen LogP) is 8.08. The minimum absolute atomic E-state index is 0.267. The van der Waals surface area contributed by atoms with E-state index in [1.165, 1.54) is 62.0 Å². The summed E-state index contributed by atoms with van der Waals surface area (Å²) in [6, 6.07) is 8.92. The van der Waals surface area contributed by atoms with Crippen molar-refractivity contribution < 1.29 is 0 Å². The Kier molecular flexibility index (Phi) is 6.24. The maximum Gasteiger partial charge on any atom is 0.129 e. The number of benzene rings is 1. The Balaban J connectivity index is 1.27. The number of aliphatic imine (C=N–C) groups is 2. The van der Waals surface area contributed by atoms with Crippen LogP contribution in [0, 0.1) is 22.2 Å². The molecule has 0 unspecified atom stereocenters. The Morgan fingerprint density at radius 2 is 1.97 bits per heavy atom. The van der Waals surface area contributed by atoms with Gasteiger partial charge in [-0.3, -0.25) is 4.99 Å². The molecule has 0 radical (unpaired) electrons. The molecule has 2 heterocycles. The third kappa shape index (κ3) is 4.48. The van der Waals surface area contributed by atoms with Gasteiger partial charge in [-0.2, -0.15) is 0 Å². The number of imidazole rings is 1. The van der Waals surface area contributed by atoms with E-state index >= 15 is 0 Å². The lowest BCUT2D eigenvalue weighted by atomic mass is 9.63. The Bertz CT molecular complexity index is 1290. The molecule has 3 fully saturated rings. The normalized spacial score (nSPS) is 27.7. The highest BCUT2D eigenvalue weighted by Crippen LogP contribution is 2.63. The van der Waals surface area contributed by atoms with Gasteiger partial charge in [-0.25, -0.2) is 9.98 Å². The summed E-state index contributed by atoms with van der Waals surface area (Å²) >= 11 is 0. The molecule has 6 rings (SSSR count). The van der Waals surface area contributed by atoms with Gasteiger partial charge in [0.15, 0.2) is 0 Å². The van der Waals surface area contributed by atoms with Crippen molar-refractivity contribution in [3.63, 3.8) is 0 Å². The molecule has 2 aromatic rings. The minimum atomic E-state index is 0.267. The number of fused-ring (bicyclic) bond motifs is 2. The Morgan fingerprint density at radius 1 is 1.18 bits per heavy atom. The summed E-state index contributed by atoms with van der Waals surface area (Å²) < 4.78 is 0. The molecule has 0 saturated heterocycles. The van der Waals surface area contributed by atoms with Gasteiger partial charge in [0.2, 0.25) is 0 Å². The smallest absolute Gasteiger partial charge is 0.129 e. The number of nitrogens with zero attached hydrogens (tertiary/aromatic N) is 4. The second-order valence-electron chi connectivity index (χ2n) is 13.3. The van der Waals surface area contributed by atoms with E-state index < -0.39 is 0 Å². The topological polar surface area (TPSA) is 56.6 Å². The molecule has 200 valence electrons. The van der Waals surface area contributed by atoms with Gasteiger partial charge in [-0.15, -0.1) is 0 Å². The number of hydrogen-bond acceptors (Lipinski definition) is 4. The van der Waals surface area contributed by atoms with E-state index in [9.17, 15) is 0 Å². The molecule has 0 spiro atoms. The van der Waals surface area contributed by atoms with Crippen LogP contribution in [0.15, 0.2) is 59.3 Å². The van der Waals surface area contributed by atoms with E-state index in [2.05, 4.69) is 66.5 Å². The Labute approximate surface area is 228 Å². The monoisotopic (exact) mass is 509 g/mol. The van der Waals surface area contributed by atoms with Crippen LogP contribution < -0.4 is 4.90 Å². The molecule has 1 aromatic carbocycles. The van der Waals surface area contributed by atoms with Gasteiger partial charge in [0.05, 0.1) is 18.4 Å². The average molecular weight is 510 g/mol. The van der Waals surface area contributed by atoms with Crippen molar-refractivity contribution in [3.8, 4) is 11.3 Å². The van der Waals surface area contributed by atoms with Gasteiger partial charge >= 0.3 is 0 Å². The van der Waals surface area contributed by atoms with E-state index in [1.807, 2.05) is 6.20 Å². The number of amidine groups is 1. The SMILES string of the molecule is C=Cc1ncc(-c2cccc(N(CC34CCC(C5=NC(CCC)=NC5)(CC3)C4)C(=C)C3CC(C)(C)C3)c2)[nH]1. The lowest BCUT2D eigenvalue weighted by molar-refractivity contribution is 0.120. The number of anilines is 1. The van der Waals surface area contributed by atoms with Crippen molar-refractivity contribution in [1.82, 2.24) is 9.97 Å². The summed E-state index contributed by atoms with van der Waals surface area (Å²) in [6.07, 6.45) is 14.6. The second kappa shape index (κ2) is 9.36. The van der Waals surface area contributed by atoms with Crippen LogP contribution >= 0.6 is 0 Å². The summed E-state index contributed by atoms with van der Waals surface area (Å²) in [5, 5.41) is 0. The number of nitrogens with one attached hydrogen (secondary N) is 1. The van der Waals surface area contributed by atoms with E-state index in [4.69, 9.17) is 16.6 Å². The second-order valence-corrected chi connectivity index (χ2v) is 13.3. The van der Waals surface area contributed by atoms with Crippen molar-refractivity contribution in [2.24, 2.45) is 32.1 Å². The maximum atomic E-state index is 5.07. The molecule has 38 heavy (non-hydrogen) atoms. The molecular formula is C33H43N5. The van der Waals surface area contributed by atoms with Gasteiger partial charge < -0.3 is 9.88 Å². The van der Waals surface area contributed by atoms with Crippen molar-refractivity contribution in [2.75, 3.05) is 18.0 Å². The average Bonchev–Trinajstić information content (AvgIpc) is 3.69. The number of allylic oxidation sites excluding steroid dienone is 1. The van der Waals surface area contributed by atoms with Crippen LogP contribution in [0.25, 0.3) is 17.3 Å². The molecule has 0 amide bonds. The molecule has 3 aliphatic carbocycles. The summed E-state index contributed by atoms with van der Waals surface area (Å²) in [4.78, 5) is 20.3. The summed E-state index contributed by atoms with van der Waals surface area (Å²) in [5.74, 6) is 2.44. The largest absolute Gasteiger partial charge is 0.345 e. The lowest BCUT2D eigenvalue weighted by Gasteiger charge is -2.48. The van der Waals surface area contributed by atoms with E-state index in [0.717, 1.165) is 48.8 Å². The van der Waals surface area contributed by atoms with Crippen LogP contribution in [0.2, 0.25) is 0 Å². The van der Waals surface area contributed by atoms with Crippen LogP contribution in [0.1, 0.15) is 84.4 Å². The predicted molar refractivity (Wildman–Crippen MR) is 160 cm³/mol. The first-order chi connectivity index (χ1) is 18.2. The first-order valence-electron chi connectivity index (χ1n) is 14.6. The zero-order valence-electron chi connectivity index (χ0n) is 23.5. The molecule has 1 N–H and O–H groups in total. The van der Waals surface area contributed by atoms with Crippen LogP contribution in [0.3, 0.4) is 0 Å². The van der Waals surface area contributed by atoms with Crippen molar-refractivity contribution in [2.45, 2.75) is 78.6 Å². The van der Waals surface area contributed by atoms with E-state index in [1.54, 1.807) is 6.08 Å². The quantitative estimate of drug-likeness (QED) is 0.352. The van der Waals surface area contributed by atoms with Crippen LogP contribution in [0.5, 0.6) is 0 Å². The standard InChI is InChI=1S/C33H43N5/c1-6-9-30-35-20-28(37-30)33-14-12-32(21-33,13-15-33)22-38(23(3)25-17-31(4,5)18-25)26-11-8-10-24(16-26)27-19-34-29(7-2)36-27/h7-8,10-11,16,19,25H,2-3,6,9,12-15,17-18,20-22H2,1,4-5H3,(H,34,36). The molecule has 1 aromatic heterocycles. The molecule has 2 bridgehead atoms. The Morgan fingerprint density at radius 3 is 2.66 bits per heavy atom. The third-order valence-corrected chi connectivity index (χ3v) is 9.91. The highest BCUT2D eigenvalue weighted by Gasteiger charge is 2.57. The maximum absolute atomic E-state index is 5.07. The highest BCUT2D eigenvalue weighted by molar-refractivity contribution is 6.07. The van der Waals surface area contributed by atoms with Gasteiger partial charge in [0.1, 0.15) is 11.7 Å². The van der Waals surface area contributed by atoms with E-state index in [-0.39, 0.29) is 5.41 Å². The zero-order valence-corrected chi connectivity index (χ0v) is 23.5. The summed E-state index contributed by atoms with van der Waals surface area (Å²) in [5.41, 5.74) is 7.11. The number of aromatic amines is 1. The molecule has 4 aliphatic rings. The number of H-pyrrole nitrogens is 1. The third-order valence-electron chi connectivity index (χ3n) is 9.91. The number of aromatic nitrogens is 2. The number of rotatable bonds is 10. The molecule has 0 atom stereocenters. The van der Waals surface area contributed by atoms with Crippen molar-refractivity contribution >= 4 is 23.3 Å². The lowest BCUT2D eigenvalue weighted by Crippen LogP contribution is -2.42. The summed E-state index contributed by atoms with van der Waals surface area (Å²) in [7, 11) is 0. The van der Waals surface area contributed by atoms with Crippen LogP contribution in [-0.2, 0) is 0 Å². The zero-order chi connectivity index (χ0) is 26.5. The minimum Gasteiger partial charge on any atom is -0.345 e. The highest BCUT2D eigenvalue weighted by atomic mass is 15.2. The first kappa shape index (κ1) is 25.3. The fourth-order valence-electron chi connectivity index (χ4n) is 7.83. The molecule has 3 saturated carbocycles. The fourth-order valence-corrected chi connectivity index (χ4v) is 7.83. The molecule has 5 nitrogen and oxygen atoms in total. The van der Waals surface area contributed by atoms with Gasteiger partial charge in [-0.1, -0.05) is 46.1 Å². The summed E-state index contributed by atoms with van der Waals surface area (Å²) in [6.45, 7) is 17.4. The van der Waals surface area contributed by atoms with Crippen molar-refractivity contribution in [1.29, 1.82) is 0 Å². The first-order valence-corrected chi connectivity index (χ1v) is 14.6. The molecule has 1 aliphatic heterocycles. The molecular weight excluding hydrogens is 466 g/mol. The van der Waals surface area contributed by atoms with Crippen LogP contribution in [0.4, 0.5) is 5.69 Å². The number of hydrogen-bond donors (Lipinski definition) is 1. The van der Waals surface area contributed by atoms with Gasteiger partial charge in [-0.05, 0) is 86.3 Å². The van der Waals surface area contributed by atoms with Gasteiger partial charge in [0, 0.05) is 41.0 Å². The molecule has 5 heteroatoms. The van der Waals surface area contributed by atoms with Crippen molar-refractivity contribution in [3.05, 3.63) is 55.1 Å². The van der Waals surface area contributed by atoms with E-state index in [0.29, 0.717) is 16.7 Å². The Hall–Kier alpha value is -2.95. The van der Waals surface area contributed by atoms with Crippen LogP contribution in [-0.4, -0.2) is 34.6 Å². The fraction of sp³-hybridized carbons (Fsp3) is 0.545.